The van der Waals surface area contributed by atoms with Crippen LogP contribution >= 0.6 is 0 Å². The molecule has 1 heterocycles. The van der Waals surface area contributed by atoms with Gasteiger partial charge in [-0.1, -0.05) is 0 Å². The summed E-state index contributed by atoms with van der Waals surface area (Å²) in [5.41, 5.74) is 0.930. The molecule has 0 fully saturated rings. The van der Waals surface area contributed by atoms with Crippen LogP contribution in [0.1, 0.15) is 16.8 Å². The Kier molecular flexibility index (Phi) is 2.74. The van der Waals surface area contributed by atoms with Gasteiger partial charge in [-0.3, -0.25) is 9.59 Å². The number of hydrogen-bond acceptors (Lipinski definition) is 4. The Hall–Kier alpha value is -2.43. The fraction of sp³-hybridized carbons (Fsp3) is 0.0833. The molecule has 1 aromatic carbocycles. The first-order valence-corrected chi connectivity index (χ1v) is 4.84. The topological polar surface area (TPSA) is 84.6 Å². The van der Waals surface area contributed by atoms with Gasteiger partial charge in [0.2, 0.25) is 5.78 Å². The van der Waals surface area contributed by atoms with Gasteiger partial charge in [-0.15, -0.1) is 0 Å². The van der Waals surface area contributed by atoms with Crippen molar-refractivity contribution in [1.29, 1.82) is 0 Å². The lowest BCUT2D eigenvalue weighted by Crippen LogP contribution is -2.17. The van der Waals surface area contributed by atoms with Crippen molar-refractivity contribution in [3.05, 3.63) is 36.1 Å². The van der Waals surface area contributed by atoms with Crippen LogP contribution < -0.4 is 0 Å². The third-order valence-corrected chi connectivity index (χ3v) is 2.33. The number of carbonyl (C=O) groups excluding carboxylic acids is 2. The van der Waals surface area contributed by atoms with Crippen molar-refractivity contribution in [3.63, 3.8) is 0 Å². The number of carboxylic acid groups (broad SMARTS) is 1. The van der Waals surface area contributed by atoms with Gasteiger partial charge in [-0.25, -0.2) is 4.79 Å². The van der Waals surface area contributed by atoms with E-state index in [0.29, 0.717) is 11.1 Å². The summed E-state index contributed by atoms with van der Waals surface area (Å²) in [5, 5.41) is 9.13. The summed E-state index contributed by atoms with van der Waals surface area (Å²) >= 11 is 0. The van der Waals surface area contributed by atoms with E-state index in [1.165, 1.54) is 12.3 Å². The SMILES string of the molecule is O=C(O)C(=O)CC(=O)c1ccc2occc2c1. The standard InChI is InChI=1S/C12H8O5/c13-9(6-10(14)12(15)16)7-1-2-11-8(5-7)3-4-17-11/h1-5H,6H2,(H,15,16). The highest BCUT2D eigenvalue weighted by atomic mass is 16.4. The van der Waals surface area contributed by atoms with E-state index >= 15 is 0 Å². The van der Waals surface area contributed by atoms with Gasteiger partial charge < -0.3 is 9.52 Å². The quantitative estimate of drug-likeness (QED) is 0.492. The van der Waals surface area contributed by atoms with Gasteiger partial charge in [-0.2, -0.15) is 0 Å². The van der Waals surface area contributed by atoms with Crippen molar-refractivity contribution < 1.29 is 23.9 Å². The van der Waals surface area contributed by atoms with Gasteiger partial charge in [0.15, 0.2) is 5.78 Å². The van der Waals surface area contributed by atoms with Crippen molar-refractivity contribution in [2.75, 3.05) is 0 Å². The molecule has 0 aliphatic heterocycles. The second-order valence-corrected chi connectivity index (χ2v) is 3.50. The predicted octanol–water partition coefficient (Wildman–Crippen LogP) is 1.66. The minimum Gasteiger partial charge on any atom is -0.475 e. The maximum absolute atomic E-state index is 11.6. The Morgan fingerprint density at radius 2 is 1.94 bits per heavy atom. The van der Waals surface area contributed by atoms with E-state index in [1.54, 1.807) is 18.2 Å². The smallest absolute Gasteiger partial charge is 0.372 e. The van der Waals surface area contributed by atoms with Gasteiger partial charge in [0, 0.05) is 10.9 Å². The molecule has 0 saturated carbocycles. The molecule has 5 nitrogen and oxygen atoms in total. The number of carbonyl (C=O) groups is 3. The Balaban J connectivity index is 2.24. The Morgan fingerprint density at radius 1 is 1.18 bits per heavy atom. The monoisotopic (exact) mass is 232 g/mol. The van der Waals surface area contributed by atoms with Crippen LogP contribution in [0.5, 0.6) is 0 Å². The molecule has 2 rings (SSSR count). The van der Waals surface area contributed by atoms with Gasteiger partial charge in [-0.05, 0) is 24.3 Å². The molecule has 0 radical (unpaired) electrons. The third-order valence-electron chi connectivity index (χ3n) is 2.33. The number of carboxylic acids is 1. The first-order chi connectivity index (χ1) is 8.08. The number of furan rings is 1. The molecular weight excluding hydrogens is 224 g/mol. The molecular formula is C12H8O5. The highest BCUT2D eigenvalue weighted by Crippen LogP contribution is 2.17. The van der Waals surface area contributed by atoms with E-state index in [9.17, 15) is 14.4 Å². The highest BCUT2D eigenvalue weighted by Gasteiger charge is 2.18. The van der Waals surface area contributed by atoms with Gasteiger partial charge in [0.25, 0.3) is 0 Å². The van der Waals surface area contributed by atoms with Crippen LogP contribution in [0, 0.1) is 0 Å². The minimum atomic E-state index is -1.59. The third kappa shape index (κ3) is 2.23. The largest absolute Gasteiger partial charge is 0.475 e. The molecule has 0 spiro atoms. The lowest BCUT2D eigenvalue weighted by atomic mass is 10.0. The summed E-state index contributed by atoms with van der Waals surface area (Å²) in [6.45, 7) is 0. The van der Waals surface area contributed by atoms with E-state index in [2.05, 4.69) is 0 Å². The van der Waals surface area contributed by atoms with Crippen molar-refractivity contribution in [3.8, 4) is 0 Å². The zero-order chi connectivity index (χ0) is 12.4. The molecule has 1 N–H and O–H groups in total. The van der Waals surface area contributed by atoms with E-state index < -0.39 is 24.0 Å². The minimum absolute atomic E-state index is 0.300. The molecule has 17 heavy (non-hydrogen) atoms. The van der Waals surface area contributed by atoms with E-state index in [-0.39, 0.29) is 0 Å². The second-order valence-electron chi connectivity index (χ2n) is 3.50. The fourth-order valence-electron chi connectivity index (χ4n) is 1.46. The van der Waals surface area contributed by atoms with Gasteiger partial charge in [0.1, 0.15) is 5.58 Å². The number of ketones is 2. The molecule has 5 heteroatoms. The van der Waals surface area contributed by atoms with Crippen molar-refractivity contribution in [1.82, 2.24) is 0 Å². The first-order valence-electron chi connectivity index (χ1n) is 4.84. The molecule has 0 aliphatic rings. The zero-order valence-corrected chi connectivity index (χ0v) is 8.67. The summed E-state index contributed by atoms with van der Waals surface area (Å²) in [6, 6.07) is 6.36. The Bertz CT molecular complexity index is 608. The van der Waals surface area contributed by atoms with Crippen LogP contribution in [0.15, 0.2) is 34.9 Å². The molecule has 0 aliphatic carbocycles. The van der Waals surface area contributed by atoms with Crippen LogP contribution in [0.3, 0.4) is 0 Å². The summed E-state index contributed by atoms with van der Waals surface area (Å²) in [5.74, 6) is -3.22. The molecule has 86 valence electrons. The second kappa shape index (κ2) is 4.21. The van der Waals surface area contributed by atoms with Gasteiger partial charge >= 0.3 is 5.97 Å². The number of benzene rings is 1. The van der Waals surface area contributed by atoms with Crippen LogP contribution in [0.2, 0.25) is 0 Å². The normalized spacial score (nSPS) is 10.4. The van der Waals surface area contributed by atoms with Crippen molar-refractivity contribution in [2.24, 2.45) is 0 Å². The molecule has 0 unspecified atom stereocenters. The number of rotatable bonds is 4. The average molecular weight is 232 g/mol. The van der Waals surface area contributed by atoms with E-state index in [1.807, 2.05) is 0 Å². The van der Waals surface area contributed by atoms with Crippen LogP contribution in [0.4, 0.5) is 0 Å². The number of hydrogen-bond donors (Lipinski definition) is 1. The molecule has 0 atom stereocenters. The van der Waals surface area contributed by atoms with Crippen LogP contribution in [-0.2, 0) is 9.59 Å². The Labute approximate surface area is 95.6 Å². The lowest BCUT2D eigenvalue weighted by Gasteiger charge is -1.98. The molecule has 0 bridgehead atoms. The highest BCUT2D eigenvalue weighted by molar-refractivity contribution is 6.37. The molecule has 2 aromatic rings. The van der Waals surface area contributed by atoms with Crippen molar-refractivity contribution >= 4 is 28.5 Å². The number of Topliss-reactive ketones (excluding diaryl/α,β-unsaturated/α-hetero) is 2. The zero-order valence-electron chi connectivity index (χ0n) is 8.67. The fourth-order valence-corrected chi connectivity index (χ4v) is 1.46. The van der Waals surface area contributed by atoms with Crippen LogP contribution in [0.25, 0.3) is 11.0 Å². The Morgan fingerprint density at radius 3 is 2.65 bits per heavy atom. The summed E-state index contributed by atoms with van der Waals surface area (Å²) in [4.78, 5) is 32.8. The molecule has 0 amide bonds. The predicted molar refractivity (Wildman–Crippen MR) is 57.8 cm³/mol. The average Bonchev–Trinajstić information content (AvgIpc) is 2.75. The number of fused-ring (bicyclic) bond motifs is 1. The van der Waals surface area contributed by atoms with Gasteiger partial charge in [0.05, 0.1) is 12.7 Å². The number of aliphatic carboxylic acids is 1. The summed E-state index contributed by atoms with van der Waals surface area (Å²) in [7, 11) is 0. The molecule has 1 aromatic heterocycles. The maximum atomic E-state index is 11.6. The first kappa shape index (κ1) is 11.1. The summed E-state index contributed by atoms with van der Waals surface area (Å²) in [6.07, 6.45) is 0.861. The maximum Gasteiger partial charge on any atom is 0.372 e. The van der Waals surface area contributed by atoms with E-state index in [0.717, 1.165) is 5.39 Å². The van der Waals surface area contributed by atoms with Crippen molar-refractivity contribution in [2.45, 2.75) is 6.42 Å². The lowest BCUT2D eigenvalue weighted by molar-refractivity contribution is -0.148. The molecule has 0 saturated heterocycles. The van der Waals surface area contributed by atoms with Crippen LogP contribution in [-0.4, -0.2) is 22.6 Å². The van der Waals surface area contributed by atoms with E-state index in [4.69, 9.17) is 9.52 Å². The summed E-state index contributed by atoms with van der Waals surface area (Å²) < 4.78 is 5.10.